The fraction of sp³-hybridized carbons (Fsp3) is 0.625. The molecule has 1 aromatic carbocycles. The average molecular weight is 518 g/mol. The Labute approximate surface area is 210 Å². The van der Waals surface area contributed by atoms with Gasteiger partial charge in [0, 0.05) is 18.7 Å². The Balaban J connectivity index is 0.00000432. The van der Waals surface area contributed by atoms with Crippen LogP contribution < -0.4 is 10.5 Å². The van der Waals surface area contributed by atoms with Crippen LogP contribution in [0.1, 0.15) is 82.1 Å². The van der Waals surface area contributed by atoms with Crippen LogP contribution >= 0.6 is 12.4 Å². The van der Waals surface area contributed by atoms with Crippen LogP contribution in [0.5, 0.6) is 5.75 Å². The van der Waals surface area contributed by atoms with Crippen LogP contribution in [0.15, 0.2) is 22.7 Å². The van der Waals surface area contributed by atoms with Crippen molar-refractivity contribution < 1.29 is 22.4 Å². The van der Waals surface area contributed by atoms with Crippen molar-refractivity contribution in [1.29, 1.82) is 5.41 Å². The molecule has 3 N–H and O–H groups in total. The van der Waals surface area contributed by atoms with Gasteiger partial charge in [0.2, 0.25) is 11.7 Å². The van der Waals surface area contributed by atoms with Crippen molar-refractivity contribution in [2.45, 2.75) is 76.8 Å². The molecule has 0 bridgehead atoms. The molecule has 196 valence electrons. The first-order valence-corrected chi connectivity index (χ1v) is 12.1. The van der Waals surface area contributed by atoms with Crippen molar-refractivity contribution in [3.8, 4) is 17.1 Å². The normalized spacial score (nSPS) is 16.1. The van der Waals surface area contributed by atoms with Gasteiger partial charge in [0.25, 0.3) is 0 Å². The molecule has 0 aliphatic carbocycles. The molecule has 7 nitrogen and oxygen atoms in total. The third kappa shape index (κ3) is 8.30. The highest BCUT2D eigenvalue weighted by Crippen LogP contribution is 2.39. The van der Waals surface area contributed by atoms with E-state index in [-0.39, 0.29) is 48.0 Å². The summed E-state index contributed by atoms with van der Waals surface area (Å²) in [5.41, 5.74) is 4.94. The van der Waals surface area contributed by atoms with Crippen LogP contribution in [0.4, 0.5) is 13.2 Å². The van der Waals surface area contributed by atoms with Crippen molar-refractivity contribution >= 4 is 18.4 Å². The van der Waals surface area contributed by atoms with Crippen molar-refractivity contribution in [2.75, 3.05) is 19.7 Å². The minimum absolute atomic E-state index is 0. The lowest BCUT2D eigenvalue weighted by atomic mass is 9.98. The van der Waals surface area contributed by atoms with Crippen molar-refractivity contribution in [2.24, 2.45) is 5.73 Å². The quantitative estimate of drug-likeness (QED) is 0.204. The predicted molar refractivity (Wildman–Crippen MR) is 131 cm³/mol. The van der Waals surface area contributed by atoms with Crippen LogP contribution in [0, 0.1) is 5.41 Å². The lowest BCUT2D eigenvalue weighted by molar-refractivity contribution is -0.138. The number of guanidine groups is 1. The fourth-order valence-electron chi connectivity index (χ4n) is 4.17. The van der Waals surface area contributed by atoms with Gasteiger partial charge in [0.05, 0.1) is 18.1 Å². The maximum atomic E-state index is 13.7. The van der Waals surface area contributed by atoms with Crippen molar-refractivity contribution in [1.82, 2.24) is 15.0 Å². The number of hydrogen-bond donors (Lipinski definition) is 2. The molecule has 0 radical (unpaired) electrons. The molecule has 1 aliphatic heterocycles. The van der Waals surface area contributed by atoms with Gasteiger partial charge in [-0.15, -0.1) is 12.4 Å². The summed E-state index contributed by atoms with van der Waals surface area (Å²) in [6, 6.07) is 3.86. The van der Waals surface area contributed by atoms with E-state index in [1.807, 2.05) is 0 Å². The number of benzene rings is 1. The smallest absolute Gasteiger partial charge is 0.419 e. The molecular weight excluding hydrogens is 483 g/mol. The summed E-state index contributed by atoms with van der Waals surface area (Å²) < 4.78 is 52.0. The maximum absolute atomic E-state index is 13.7. The van der Waals surface area contributed by atoms with E-state index < -0.39 is 11.7 Å². The molecule has 1 atom stereocenters. The van der Waals surface area contributed by atoms with E-state index in [2.05, 4.69) is 17.1 Å². The molecule has 2 heterocycles. The van der Waals surface area contributed by atoms with Gasteiger partial charge in [-0.25, -0.2) is 0 Å². The summed E-state index contributed by atoms with van der Waals surface area (Å²) in [5, 5.41) is 11.5. The average Bonchev–Trinajstić information content (AvgIpc) is 3.31. The standard InChI is InChI=1S/C24H34F3N5O2.ClH/c1-2-3-4-5-6-7-8-14-33-20-12-11-17(15-19(20)24(25,26)27)21-30-22(34-31-21)18-10-9-13-32(16-18)23(28)29;/h11-12,15,18H,2-10,13-14,16H2,1H3,(H3,28,29);1H. The van der Waals surface area contributed by atoms with Gasteiger partial charge >= 0.3 is 6.18 Å². The van der Waals surface area contributed by atoms with Crippen LogP contribution in [0.3, 0.4) is 0 Å². The number of piperidine rings is 1. The number of alkyl halides is 3. The Morgan fingerprint density at radius 3 is 2.60 bits per heavy atom. The Bertz CT molecular complexity index is 938. The summed E-state index contributed by atoms with van der Waals surface area (Å²) in [7, 11) is 0. The molecule has 0 amide bonds. The Morgan fingerprint density at radius 1 is 1.20 bits per heavy atom. The van der Waals surface area contributed by atoms with E-state index in [0.29, 0.717) is 19.0 Å². The highest BCUT2D eigenvalue weighted by molar-refractivity contribution is 5.85. The molecule has 1 fully saturated rings. The second kappa shape index (κ2) is 13.6. The monoisotopic (exact) mass is 517 g/mol. The number of nitrogens with zero attached hydrogens (tertiary/aromatic N) is 3. The largest absolute Gasteiger partial charge is 0.493 e. The van der Waals surface area contributed by atoms with Crippen molar-refractivity contribution in [3.05, 3.63) is 29.7 Å². The van der Waals surface area contributed by atoms with Gasteiger partial charge in [-0.3, -0.25) is 5.41 Å². The number of nitrogens with one attached hydrogen (secondary N) is 1. The lowest BCUT2D eigenvalue weighted by Gasteiger charge is -2.30. The Morgan fingerprint density at radius 2 is 1.91 bits per heavy atom. The second-order valence-electron chi connectivity index (χ2n) is 8.81. The zero-order valence-corrected chi connectivity index (χ0v) is 20.9. The van der Waals surface area contributed by atoms with E-state index in [4.69, 9.17) is 20.4 Å². The zero-order valence-electron chi connectivity index (χ0n) is 20.1. The molecular formula is C24H35ClF3N5O2. The predicted octanol–water partition coefficient (Wildman–Crippen LogP) is 6.38. The molecule has 3 rings (SSSR count). The van der Waals surface area contributed by atoms with E-state index in [9.17, 15) is 13.2 Å². The molecule has 2 aromatic rings. The highest BCUT2D eigenvalue weighted by Gasteiger charge is 2.35. The fourth-order valence-corrected chi connectivity index (χ4v) is 4.17. The van der Waals surface area contributed by atoms with Crippen molar-refractivity contribution in [3.63, 3.8) is 0 Å². The van der Waals surface area contributed by atoms with Crippen LogP contribution in [-0.4, -0.2) is 40.7 Å². The van der Waals surface area contributed by atoms with Gasteiger partial charge < -0.3 is 19.9 Å². The highest BCUT2D eigenvalue weighted by atomic mass is 35.5. The topological polar surface area (TPSA) is 101 Å². The molecule has 0 saturated carbocycles. The Kier molecular flexibility index (Phi) is 11.1. The zero-order chi connectivity index (χ0) is 24.6. The Hall–Kier alpha value is -2.49. The van der Waals surface area contributed by atoms with Gasteiger partial charge in [0.15, 0.2) is 5.96 Å². The van der Waals surface area contributed by atoms with Gasteiger partial charge in [0.1, 0.15) is 5.75 Å². The molecule has 1 aromatic heterocycles. The maximum Gasteiger partial charge on any atom is 0.419 e. The SMILES string of the molecule is CCCCCCCCCOc1ccc(-c2noc(C3CCCN(C(=N)N)C3)n2)cc1C(F)(F)F.Cl. The van der Waals surface area contributed by atoms with E-state index in [1.165, 1.54) is 31.4 Å². The second-order valence-corrected chi connectivity index (χ2v) is 8.81. The van der Waals surface area contributed by atoms with E-state index >= 15 is 0 Å². The molecule has 1 unspecified atom stereocenters. The summed E-state index contributed by atoms with van der Waals surface area (Å²) >= 11 is 0. The van der Waals surface area contributed by atoms with E-state index in [0.717, 1.165) is 44.6 Å². The number of nitrogens with two attached hydrogens (primary N) is 1. The third-order valence-electron chi connectivity index (χ3n) is 6.10. The lowest BCUT2D eigenvalue weighted by Crippen LogP contribution is -2.42. The summed E-state index contributed by atoms with van der Waals surface area (Å²) in [6.07, 6.45) is 4.51. The number of likely N-dealkylation sites (tertiary alicyclic amines) is 1. The molecule has 1 saturated heterocycles. The first kappa shape index (κ1) is 28.7. The summed E-state index contributed by atoms with van der Waals surface area (Å²) in [4.78, 5) is 6.06. The van der Waals surface area contributed by atoms with E-state index in [1.54, 1.807) is 4.90 Å². The van der Waals surface area contributed by atoms with Crippen LogP contribution in [0.2, 0.25) is 0 Å². The summed E-state index contributed by atoms with van der Waals surface area (Å²) in [6.45, 7) is 3.56. The van der Waals surface area contributed by atoms with Gasteiger partial charge in [-0.05, 0) is 37.5 Å². The first-order chi connectivity index (χ1) is 16.3. The molecule has 11 heteroatoms. The number of halogens is 4. The van der Waals surface area contributed by atoms with Gasteiger partial charge in [-0.2, -0.15) is 18.2 Å². The minimum atomic E-state index is -4.57. The first-order valence-electron chi connectivity index (χ1n) is 12.1. The number of aromatic nitrogens is 2. The van der Waals surface area contributed by atoms with Crippen LogP contribution in [-0.2, 0) is 6.18 Å². The number of rotatable bonds is 11. The molecule has 0 spiro atoms. The number of hydrogen-bond acceptors (Lipinski definition) is 5. The molecule has 35 heavy (non-hydrogen) atoms. The molecule has 1 aliphatic rings. The number of unbranched alkanes of at least 4 members (excludes halogenated alkanes) is 6. The third-order valence-corrected chi connectivity index (χ3v) is 6.10. The number of ether oxygens (including phenoxy) is 1. The van der Waals surface area contributed by atoms with Gasteiger partial charge in [-0.1, -0.05) is 50.6 Å². The summed E-state index contributed by atoms with van der Waals surface area (Å²) in [5.74, 6) is 0.111. The minimum Gasteiger partial charge on any atom is -0.493 e. The van der Waals surface area contributed by atoms with Crippen LogP contribution in [0.25, 0.3) is 11.4 Å².